The van der Waals surface area contributed by atoms with Crippen molar-refractivity contribution in [2.75, 3.05) is 0 Å². The van der Waals surface area contributed by atoms with Crippen LogP contribution in [0.1, 0.15) is 24.3 Å². The maximum absolute atomic E-state index is 13.2. The van der Waals surface area contributed by atoms with Crippen molar-refractivity contribution >= 4 is 0 Å². The predicted molar refractivity (Wildman–Crippen MR) is 59.5 cm³/mol. The summed E-state index contributed by atoms with van der Waals surface area (Å²) < 4.78 is 55.8. The van der Waals surface area contributed by atoms with Crippen molar-refractivity contribution in [2.45, 2.75) is 19.1 Å². The van der Waals surface area contributed by atoms with Gasteiger partial charge in [0.25, 0.3) is 0 Å². The molecule has 0 amide bonds. The molecule has 1 atom stereocenters. The molecule has 0 aliphatic carbocycles. The van der Waals surface area contributed by atoms with Gasteiger partial charge in [0.05, 0.1) is 11.6 Å². The second kappa shape index (κ2) is 4.65. The zero-order chi connectivity index (χ0) is 14.2. The number of rotatable bonds is 2. The second-order valence-electron chi connectivity index (χ2n) is 4.13. The van der Waals surface area contributed by atoms with Gasteiger partial charge in [-0.2, -0.15) is 13.2 Å². The molecule has 0 aliphatic rings. The topological polar surface area (TPSA) is 52.0 Å². The van der Waals surface area contributed by atoms with E-state index in [-0.39, 0.29) is 11.3 Å². The number of hydrogen-bond donors (Lipinski definition) is 1. The summed E-state index contributed by atoms with van der Waals surface area (Å²) in [6.07, 6.45) is -4.62. The van der Waals surface area contributed by atoms with Crippen molar-refractivity contribution < 1.29 is 22.1 Å². The Bertz CT molecular complexity index is 590. The summed E-state index contributed by atoms with van der Waals surface area (Å²) in [4.78, 5) is 0. The number of nitrogens with zero attached hydrogens (tertiary/aromatic N) is 1. The zero-order valence-electron chi connectivity index (χ0n) is 9.83. The number of hydrogen-bond acceptors (Lipinski definition) is 3. The first-order valence-corrected chi connectivity index (χ1v) is 5.37. The van der Waals surface area contributed by atoms with E-state index >= 15 is 0 Å². The van der Waals surface area contributed by atoms with E-state index in [0.29, 0.717) is 11.8 Å². The fraction of sp³-hybridized carbons (Fsp3) is 0.250. The molecule has 7 heteroatoms. The fourth-order valence-electron chi connectivity index (χ4n) is 1.54. The van der Waals surface area contributed by atoms with Crippen molar-refractivity contribution in [3.05, 3.63) is 41.4 Å². The molecule has 2 N–H and O–H groups in total. The summed E-state index contributed by atoms with van der Waals surface area (Å²) in [5.41, 5.74) is 4.57. The summed E-state index contributed by atoms with van der Waals surface area (Å²) in [5.74, 6) is -0.678. The van der Waals surface area contributed by atoms with E-state index in [4.69, 9.17) is 10.3 Å². The molecular weight excluding hydrogens is 264 g/mol. The minimum Gasteiger partial charge on any atom is -0.359 e. The lowest BCUT2D eigenvalue weighted by Crippen LogP contribution is -2.05. The third-order valence-corrected chi connectivity index (χ3v) is 2.50. The Kier molecular flexibility index (Phi) is 3.32. The molecule has 19 heavy (non-hydrogen) atoms. The van der Waals surface area contributed by atoms with E-state index in [1.807, 2.05) is 0 Å². The highest BCUT2D eigenvalue weighted by atomic mass is 19.4. The van der Waals surface area contributed by atoms with Gasteiger partial charge in [-0.25, -0.2) is 4.39 Å². The Morgan fingerprint density at radius 2 is 1.89 bits per heavy atom. The Balaban J connectivity index is 2.47. The molecule has 102 valence electrons. The van der Waals surface area contributed by atoms with Crippen LogP contribution in [0, 0.1) is 5.82 Å². The summed E-state index contributed by atoms with van der Waals surface area (Å²) in [5, 5.41) is 3.58. The van der Waals surface area contributed by atoms with Crippen molar-refractivity contribution in [2.24, 2.45) is 5.73 Å². The van der Waals surface area contributed by atoms with Crippen LogP contribution in [-0.2, 0) is 6.18 Å². The highest BCUT2D eigenvalue weighted by molar-refractivity contribution is 5.60. The molecule has 0 radical (unpaired) electrons. The van der Waals surface area contributed by atoms with Gasteiger partial charge in [-0.1, -0.05) is 5.16 Å². The molecule has 1 unspecified atom stereocenters. The highest BCUT2D eigenvalue weighted by Gasteiger charge is 2.31. The van der Waals surface area contributed by atoms with Crippen LogP contribution in [0.5, 0.6) is 0 Å². The van der Waals surface area contributed by atoms with E-state index in [1.54, 1.807) is 6.92 Å². The molecule has 0 saturated heterocycles. The van der Waals surface area contributed by atoms with Crippen molar-refractivity contribution in [3.63, 3.8) is 0 Å². The quantitative estimate of drug-likeness (QED) is 0.852. The summed E-state index contributed by atoms with van der Waals surface area (Å²) in [7, 11) is 0. The molecule has 1 heterocycles. The minimum atomic E-state index is -4.62. The molecule has 0 spiro atoms. The van der Waals surface area contributed by atoms with Gasteiger partial charge in [0.15, 0.2) is 5.76 Å². The van der Waals surface area contributed by atoms with Gasteiger partial charge in [0.2, 0.25) is 0 Å². The summed E-state index contributed by atoms with van der Waals surface area (Å²) in [6.45, 7) is 1.64. The summed E-state index contributed by atoms with van der Waals surface area (Å²) >= 11 is 0. The lowest BCUT2D eigenvalue weighted by atomic mass is 10.1. The Labute approximate surface area is 106 Å². The van der Waals surface area contributed by atoms with Crippen LogP contribution in [0.4, 0.5) is 17.6 Å². The molecular formula is C12H10F4N2O. The SMILES string of the molecule is CC(N)c1cc(-c2cc(F)cc(C(F)(F)F)c2)no1. The van der Waals surface area contributed by atoms with Crippen molar-refractivity contribution in [3.8, 4) is 11.3 Å². The Morgan fingerprint density at radius 1 is 1.21 bits per heavy atom. The Morgan fingerprint density at radius 3 is 2.42 bits per heavy atom. The van der Waals surface area contributed by atoms with Gasteiger partial charge in [-0.05, 0) is 25.1 Å². The van der Waals surface area contributed by atoms with Crippen LogP contribution in [0.3, 0.4) is 0 Å². The van der Waals surface area contributed by atoms with Gasteiger partial charge in [-0.15, -0.1) is 0 Å². The lowest BCUT2D eigenvalue weighted by Gasteiger charge is -2.07. The minimum absolute atomic E-state index is 0.0111. The van der Waals surface area contributed by atoms with Gasteiger partial charge in [0, 0.05) is 11.6 Å². The van der Waals surface area contributed by atoms with E-state index in [0.717, 1.165) is 12.1 Å². The molecule has 0 bridgehead atoms. The monoisotopic (exact) mass is 274 g/mol. The van der Waals surface area contributed by atoms with E-state index in [9.17, 15) is 17.6 Å². The van der Waals surface area contributed by atoms with Crippen LogP contribution in [-0.4, -0.2) is 5.16 Å². The molecule has 3 nitrogen and oxygen atoms in total. The number of nitrogens with two attached hydrogens (primary N) is 1. The van der Waals surface area contributed by atoms with Crippen LogP contribution < -0.4 is 5.73 Å². The lowest BCUT2D eigenvalue weighted by molar-refractivity contribution is -0.137. The number of halogens is 4. The largest absolute Gasteiger partial charge is 0.416 e. The predicted octanol–water partition coefficient (Wildman–Crippen LogP) is 3.52. The first-order valence-electron chi connectivity index (χ1n) is 5.37. The molecule has 2 aromatic rings. The van der Waals surface area contributed by atoms with E-state index < -0.39 is 23.6 Å². The first-order chi connectivity index (χ1) is 8.77. The van der Waals surface area contributed by atoms with Crippen LogP contribution in [0.25, 0.3) is 11.3 Å². The molecule has 2 rings (SSSR count). The maximum atomic E-state index is 13.2. The fourth-order valence-corrected chi connectivity index (χ4v) is 1.54. The first kappa shape index (κ1) is 13.5. The smallest absolute Gasteiger partial charge is 0.359 e. The van der Waals surface area contributed by atoms with Crippen LogP contribution in [0.15, 0.2) is 28.8 Å². The van der Waals surface area contributed by atoms with Gasteiger partial charge in [0.1, 0.15) is 11.5 Å². The molecule has 1 aromatic carbocycles. The normalized spacial score (nSPS) is 13.6. The number of benzene rings is 1. The van der Waals surface area contributed by atoms with Gasteiger partial charge < -0.3 is 10.3 Å². The molecule has 0 saturated carbocycles. The molecule has 1 aromatic heterocycles. The highest BCUT2D eigenvalue weighted by Crippen LogP contribution is 2.33. The van der Waals surface area contributed by atoms with Crippen molar-refractivity contribution in [1.29, 1.82) is 0 Å². The zero-order valence-corrected chi connectivity index (χ0v) is 9.83. The van der Waals surface area contributed by atoms with Crippen LogP contribution >= 0.6 is 0 Å². The van der Waals surface area contributed by atoms with E-state index in [2.05, 4.69) is 5.16 Å². The molecule has 0 aliphatic heterocycles. The van der Waals surface area contributed by atoms with Crippen molar-refractivity contribution in [1.82, 2.24) is 5.16 Å². The van der Waals surface area contributed by atoms with Gasteiger partial charge in [-0.3, -0.25) is 0 Å². The number of alkyl halides is 3. The molecule has 0 fully saturated rings. The standard InChI is InChI=1S/C12H10F4N2O/c1-6(17)11-5-10(18-19-11)7-2-8(12(14,15)16)4-9(13)3-7/h2-6H,17H2,1H3. The Hall–Kier alpha value is -1.89. The third kappa shape index (κ3) is 2.93. The average molecular weight is 274 g/mol. The number of aromatic nitrogens is 1. The second-order valence-corrected chi connectivity index (χ2v) is 4.13. The van der Waals surface area contributed by atoms with Crippen LogP contribution in [0.2, 0.25) is 0 Å². The van der Waals surface area contributed by atoms with E-state index in [1.165, 1.54) is 6.07 Å². The summed E-state index contributed by atoms with van der Waals surface area (Å²) in [6, 6.07) is 3.14. The van der Waals surface area contributed by atoms with Gasteiger partial charge >= 0.3 is 6.18 Å². The third-order valence-electron chi connectivity index (χ3n) is 2.50. The average Bonchev–Trinajstić information content (AvgIpc) is 2.76. The maximum Gasteiger partial charge on any atom is 0.416 e.